The Bertz CT molecular complexity index is 1040. The molecule has 1 fully saturated rings. The maximum absolute atomic E-state index is 4.79. The van der Waals surface area contributed by atoms with Crippen LogP contribution in [0, 0.1) is 0 Å². The fourth-order valence-electron chi connectivity index (χ4n) is 3.16. The molecule has 8 heteroatoms. The summed E-state index contributed by atoms with van der Waals surface area (Å²) >= 11 is 1.78. The van der Waals surface area contributed by atoms with Crippen molar-refractivity contribution in [2.45, 2.75) is 25.3 Å². The molecule has 4 heterocycles. The van der Waals surface area contributed by atoms with Crippen LogP contribution in [0.3, 0.4) is 0 Å². The van der Waals surface area contributed by atoms with Gasteiger partial charge in [0.15, 0.2) is 11.5 Å². The zero-order valence-electron chi connectivity index (χ0n) is 14.5. The Labute approximate surface area is 154 Å². The van der Waals surface area contributed by atoms with Crippen molar-refractivity contribution < 1.29 is 0 Å². The van der Waals surface area contributed by atoms with E-state index in [0.717, 1.165) is 35.6 Å². The van der Waals surface area contributed by atoms with Gasteiger partial charge in [0.05, 0.1) is 18.7 Å². The minimum atomic E-state index is 0.471. The lowest BCUT2D eigenvalue weighted by Crippen LogP contribution is -2.08. The van der Waals surface area contributed by atoms with Gasteiger partial charge in [0.2, 0.25) is 5.95 Å². The quantitative estimate of drug-likeness (QED) is 0.568. The van der Waals surface area contributed by atoms with Crippen LogP contribution in [0.4, 0.5) is 5.95 Å². The number of aryl methyl sites for hydroxylation is 1. The van der Waals surface area contributed by atoms with Crippen molar-refractivity contribution >= 4 is 28.4 Å². The molecular weight excluding hydrogens is 346 g/mol. The largest absolute Gasteiger partial charge is 0.354 e. The predicted octanol–water partition coefficient (Wildman–Crippen LogP) is 3.28. The molecule has 1 saturated carbocycles. The lowest BCUT2D eigenvalue weighted by molar-refractivity contribution is 0.755. The molecule has 0 aromatic carbocycles. The van der Waals surface area contributed by atoms with E-state index < -0.39 is 0 Å². The Hall–Kier alpha value is -2.74. The molecule has 4 aromatic rings. The van der Waals surface area contributed by atoms with Crippen LogP contribution in [0.5, 0.6) is 0 Å². The first-order chi connectivity index (χ1) is 12.8. The van der Waals surface area contributed by atoms with E-state index in [4.69, 9.17) is 9.97 Å². The van der Waals surface area contributed by atoms with Crippen LogP contribution in [0.1, 0.15) is 23.8 Å². The molecule has 1 aliphatic rings. The molecule has 26 heavy (non-hydrogen) atoms. The van der Waals surface area contributed by atoms with Gasteiger partial charge < -0.3 is 14.5 Å². The van der Waals surface area contributed by atoms with E-state index in [2.05, 4.69) is 37.4 Å². The molecule has 1 aliphatic carbocycles. The predicted molar refractivity (Wildman–Crippen MR) is 102 cm³/mol. The summed E-state index contributed by atoms with van der Waals surface area (Å²) in [4.78, 5) is 19.6. The molecular formula is C18H19N7S. The third kappa shape index (κ3) is 2.76. The highest BCUT2D eigenvalue weighted by atomic mass is 32.1. The van der Waals surface area contributed by atoms with Crippen LogP contribution in [0.2, 0.25) is 0 Å². The topological polar surface area (TPSA) is 73.5 Å². The molecule has 132 valence electrons. The van der Waals surface area contributed by atoms with Crippen molar-refractivity contribution in [3.05, 3.63) is 41.1 Å². The van der Waals surface area contributed by atoms with Crippen LogP contribution >= 0.6 is 11.3 Å². The van der Waals surface area contributed by atoms with E-state index in [-0.39, 0.29) is 0 Å². The number of fused-ring (bicyclic) bond motifs is 1. The number of imidazole rings is 2. The fourth-order valence-corrected chi connectivity index (χ4v) is 3.87. The van der Waals surface area contributed by atoms with Crippen molar-refractivity contribution in [3.8, 4) is 11.5 Å². The normalized spacial score (nSPS) is 14.2. The second kappa shape index (κ2) is 6.21. The van der Waals surface area contributed by atoms with Gasteiger partial charge in [-0.05, 0) is 30.7 Å². The Morgan fingerprint density at radius 2 is 2.19 bits per heavy atom. The van der Waals surface area contributed by atoms with Crippen LogP contribution in [-0.4, -0.2) is 35.6 Å². The standard InChI is InChI=1S/C18H19N7S/c1-24-11-19-10-15(24)17-22-14-9-21-18(20-7-6-13-3-2-8-26-13)23-16(14)25(17)12-4-5-12/h2-3,8-12H,4-7H2,1H3,(H,20,21,23). The summed E-state index contributed by atoms with van der Waals surface area (Å²) in [5, 5.41) is 5.45. The van der Waals surface area contributed by atoms with Crippen molar-refractivity contribution in [2.24, 2.45) is 7.05 Å². The highest BCUT2D eigenvalue weighted by Crippen LogP contribution is 2.40. The molecule has 1 N–H and O–H groups in total. The van der Waals surface area contributed by atoms with Gasteiger partial charge in [0.1, 0.15) is 11.2 Å². The smallest absolute Gasteiger partial charge is 0.224 e. The Morgan fingerprint density at radius 3 is 2.92 bits per heavy atom. The van der Waals surface area contributed by atoms with Gasteiger partial charge in [-0.25, -0.2) is 15.0 Å². The second-order valence-corrected chi connectivity index (χ2v) is 7.62. The van der Waals surface area contributed by atoms with Crippen LogP contribution < -0.4 is 5.32 Å². The van der Waals surface area contributed by atoms with Gasteiger partial charge in [0.25, 0.3) is 0 Å². The lowest BCUT2D eigenvalue weighted by Gasteiger charge is -2.08. The molecule has 0 radical (unpaired) electrons. The first-order valence-corrected chi connectivity index (χ1v) is 9.65. The lowest BCUT2D eigenvalue weighted by atomic mass is 10.3. The van der Waals surface area contributed by atoms with E-state index in [1.807, 2.05) is 24.0 Å². The summed E-state index contributed by atoms with van der Waals surface area (Å²) < 4.78 is 4.24. The first kappa shape index (κ1) is 15.5. The molecule has 0 atom stereocenters. The van der Waals surface area contributed by atoms with Crippen LogP contribution in [-0.2, 0) is 13.5 Å². The number of rotatable bonds is 6. The molecule has 0 spiro atoms. The number of hydrogen-bond donors (Lipinski definition) is 1. The third-order valence-electron chi connectivity index (χ3n) is 4.63. The molecule has 0 bridgehead atoms. The zero-order valence-corrected chi connectivity index (χ0v) is 15.3. The van der Waals surface area contributed by atoms with Crippen LogP contribution in [0.15, 0.2) is 36.2 Å². The average molecular weight is 365 g/mol. The summed E-state index contributed by atoms with van der Waals surface area (Å²) in [5.41, 5.74) is 2.73. The number of nitrogens with one attached hydrogen (secondary N) is 1. The van der Waals surface area contributed by atoms with E-state index in [0.29, 0.717) is 12.0 Å². The highest BCUT2D eigenvalue weighted by Gasteiger charge is 2.30. The SMILES string of the molecule is Cn1cncc1-c1nc2cnc(NCCc3cccs3)nc2n1C1CC1. The third-order valence-corrected chi connectivity index (χ3v) is 5.56. The maximum atomic E-state index is 4.79. The van der Waals surface area contributed by atoms with Gasteiger partial charge >= 0.3 is 0 Å². The van der Waals surface area contributed by atoms with E-state index in [9.17, 15) is 0 Å². The summed E-state index contributed by atoms with van der Waals surface area (Å²) in [7, 11) is 1.99. The number of thiophene rings is 1. The molecule has 4 aromatic heterocycles. The van der Waals surface area contributed by atoms with Crippen molar-refractivity contribution in [3.63, 3.8) is 0 Å². The number of anilines is 1. The first-order valence-electron chi connectivity index (χ1n) is 8.77. The monoisotopic (exact) mass is 365 g/mol. The minimum absolute atomic E-state index is 0.471. The Kier molecular flexibility index (Phi) is 3.70. The summed E-state index contributed by atoms with van der Waals surface area (Å²) in [6, 6.07) is 4.70. The van der Waals surface area contributed by atoms with Gasteiger partial charge in [0, 0.05) is 24.5 Å². The molecule has 0 amide bonds. The van der Waals surface area contributed by atoms with Crippen LogP contribution in [0.25, 0.3) is 22.7 Å². The van der Waals surface area contributed by atoms with Crippen molar-refractivity contribution in [1.82, 2.24) is 29.1 Å². The second-order valence-electron chi connectivity index (χ2n) is 6.58. The molecule has 0 unspecified atom stereocenters. The average Bonchev–Trinajstić information content (AvgIpc) is 3.05. The molecule has 0 saturated heterocycles. The minimum Gasteiger partial charge on any atom is -0.354 e. The van der Waals surface area contributed by atoms with Crippen molar-refractivity contribution in [2.75, 3.05) is 11.9 Å². The highest BCUT2D eigenvalue weighted by molar-refractivity contribution is 7.09. The van der Waals surface area contributed by atoms with Gasteiger partial charge in [-0.2, -0.15) is 4.98 Å². The molecule has 0 aliphatic heterocycles. The van der Waals surface area contributed by atoms with Gasteiger partial charge in [-0.15, -0.1) is 11.3 Å². The van der Waals surface area contributed by atoms with Gasteiger partial charge in [-0.1, -0.05) is 6.07 Å². The number of hydrogen-bond acceptors (Lipinski definition) is 6. The zero-order chi connectivity index (χ0) is 17.5. The van der Waals surface area contributed by atoms with Crippen molar-refractivity contribution in [1.29, 1.82) is 0 Å². The van der Waals surface area contributed by atoms with E-state index in [1.54, 1.807) is 17.7 Å². The maximum Gasteiger partial charge on any atom is 0.224 e. The Balaban J connectivity index is 1.47. The summed E-state index contributed by atoms with van der Waals surface area (Å²) in [5.74, 6) is 1.58. The molecule has 7 nitrogen and oxygen atoms in total. The van der Waals surface area contributed by atoms with E-state index >= 15 is 0 Å². The number of aromatic nitrogens is 6. The summed E-state index contributed by atoms with van der Waals surface area (Å²) in [6.07, 6.45) is 8.78. The number of nitrogens with zero attached hydrogens (tertiary/aromatic N) is 6. The Morgan fingerprint density at radius 1 is 1.27 bits per heavy atom. The van der Waals surface area contributed by atoms with Gasteiger partial charge in [-0.3, -0.25) is 0 Å². The van der Waals surface area contributed by atoms with E-state index in [1.165, 1.54) is 17.7 Å². The molecule has 5 rings (SSSR count). The fraction of sp³-hybridized carbons (Fsp3) is 0.333. The summed E-state index contributed by atoms with van der Waals surface area (Å²) in [6.45, 7) is 0.818.